The first-order valence-corrected chi connectivity index (χ1v) is 13.0. The van der Waals surface area contributed by atoms with Gasteiger partial charge in [0.1, 0.15) is 11.8 Å². The van der Waals surface area contributed by atoms with Gasteiger partial charge in [-0.25, -0.2) is 4.68 Å². The predicted molar refractivity (Wildman–Crippen MR) is 151 cm³/mol. The van der Waals surface area contributed by atoms with Gasteiger partial charge in [-0.1, -0.05) is 35.9 Å². The summed E-state index contributed by atoms with van der Waals surface area (Å²) >= 11 is 6.63. The van der Waals surface area contributed by atoms with Crippen molar-refractivity contribution in [3.05, 3.63) is 111 Å². The summed E-state index contributed by atoms with van der Waals surface area (Å²) in [5.41, 5.74) is 2.45. The number of halogens is 1. The fourth-order valence-electron chi connectivity index (χ4n) is 4.68. The fraction of sp³-hybridized carbons (Fsp3) is 0.276. The quantitative estimate of drug-likeness (QED) is 0.290. The smallest absolute Gasteiger partial charge is 0.253 e. The molecule has 9 nitrogen and oxygen atoms in total. The van der Waals surface area contributed by atoms with Crippen molar-refractivity contribution >= 4 is 22.5 Å². The summed E-state index contributed by atoms with van der Waals surface area (Å²) in [6.45, 7) is 6.99. The topological polar surface area (TPSA) is 102 Å². The first kappa shape index (κ1) is 26.5. The van der Waals surface area contributed by atoms with Gasteiger partial charge in [-0.2, -0.15) is 0 Å². The first-order chi connectivity index (χ1) is 18.7. The number of nitrogens with one attached hydrogen (secondary N) is 1. The summed E-state index contributed by atoms with van der Waals surface area (Å²) in [5.74, 6) is 1.24. The van der Waals surface area contributed by atoms with E-state index in [-0.39, 0.29) is 5.56 Å². The zero-order valence-electron chi connectivity index (χ0n) is 22.3. The second-order valence-corrected chi connectivity index (χ2v) is 10.8. The van der Waals surface area contributed by atoms with Crippen LogP contribution in [0.2, 0.25) is 5.02 Å². The number of tetrazole rings is 1. The van der Waals surface area contributed by atoms with Gasteiger partial charge in [-0.15, -0.1) is 5.10 Å². The molecule has 0 amide bonds. The predicted octanol–water partition coefficient (Wildman–Crippen LogP) is 5.12. The third kappa shape index (κ3) is 5.69. The molecule has 0 aliphatic heterocycles. The van der Waals surface area contributed by atoms with E-state index < -0.39 is 11.6 Å². The molecule has 10 heteroatoms. The van der Waals surface area contributed by atoms with E-state index in [1.807, 2.05) is 87.6 Å². The number of ether oxygens (including phenoxy) is 1. The number of methoxy groups -OCH3 is 1. The molecule has 0 unspecified atom stereocenters. The molecule has 1 atom stereocenters. The van der Waals surface area contributed by atoms with E-state index in [1.54, 1.807) is 18.0 Å². The highest BCUT2D eigenvalue weighted by Crippen LogP contribution is 2.33. The lowest BCUT2D eigenvalue weighted by Crippen LogP contribution is -2.37. The molecule has 0 spiro atoms. The average Bonchev–Trinajstić information content (AvgIpc) is 3.41. The number of H-pyrrole nitrogens is 1. The molecule has 3 aromatic heterocycles. The summed E-state index contributed by atoms with van der Waals surface area (Å²) in [4.78, 5) is 23.2. The number of rotatable bonds is 8. The van der Waals surface area contributed by atoms with Crippen LogP contribution in [-0.4, -0.2) is 42.2 Å². The minimum Gasteiger partial charge on any atom is -0.497 e. The van der Waals surface area contributed by atoms with Gasteiger partial charge in [-0.05, 0) is 78.7 Å². The summed E-state index contributed by atoms with van der Waals surface area (Å²) in [6, 6.07) is 18.4. The zero-order valence-corrected chi connectivity index (χ0v) is 23.1. The SMILES string of the molecule is COc1ccc2[nH]c(=O)c([C@H](c3nnnn3C(C)(C)C)N(Cc3cccnc3)Cc3ccccc3Cl)cc2c1. The van der Waals surface area contributed by atoms with Crippen LogP contribution in [0.1, 0.15) is 49.3 Å². The van der Waals surface area contributed by atoms with Crippen molar-refractivity contribution in [3.63, 3.8) is 0 Å². The van der Waals surface area contributed by atoms with E-state index in [0.29, 0.717) is 40.8 Å². The number of aromatic amines is 1. The molecule has 5 aromatic rings. The number of pyridine rings is 2. The third-order valence-corrected chi connectivity index (χ3v) is 6.92. The van der Waals surface area contributed by atoms with Crippen LogP contribution in [0.5, 0.6) is 5.75 Å². The Balaban J connectivity index is 1.75. The Kier molecular flexibility index (Phi) is 7.45. The van der Waals surface area contributed by atoms with Gasteiger partial charge < -0.3 is 9.72 Å². The molecule has 0 saturated carbocycles. The summed E-state index contributed by atoms with van der Waals surface area (Å²) in [5, 5.41) is 14.3. The van der Waals surface area contributed by atoms with Crippen molar-refractivity contribution in [2.75, 3.05) is 7.11 Å². The average molecular weight is 544 g/mol. The van der Waals surface area contributed by atoms with Crippen LogP contribution in [-0.2, 0) is 18.6 Å². The molecule has 39 heavy (non-hydrogen) atoms. The molecular formula is C29H30ClN7O2. The summed E-state index contributed by atoms with van der Waals surface area (Å²) in [7, 11) is 1.62. The van der Waals surface area contributed by atoms with E-state index >= 15 is 0 Å². The Labute approximate surface area is 231 Å². The Bertz CT molecular complexity index is 1640. The summed E-state index contributed by atoms with van der Waals surface area (Å²) in [6.07, 6.45) is 3.56. The second-order valence-electron chi connectivity index (χ2n) is 10.4. The van der Waals surface area contributed by atoms with Gasteiger partial charge in [0.2, 0.25) is 0 Å². The van der Waals surface area contributed by atoms with Gasteiger partial charge in [-0.3, -0.25) is 14.7 Å². The maximum atomic E-state index is 13.7. The molecular weight excluding hydrogens is 514 g/mol. The number of hydrogen-bond donors (Lipinski definition) is 1. The molecule has 0 aliphatic carbocycles. The molecule has 0 saturated heterocycles. The van der Waals surface area contributed by atoms with Crippen molar-refractivity contribution in [3.8, 4) is 5.75 Å². The molecule has 2 aromatic carbocycles. The molecule has 200 valence electrons. The van der Waals surface area contributed by atoms with Crippen LogP contribution in [0.4, 0.5) is 0 Å². The van der Waals surface area contributed by atoms with E-state index in [4.69, 9.17) is 16.3 Å². The van der Waals surface area contributed by atoms with Crippen molar-refractivity contribution < 1.29 is 4.74 Å². The third-order valence-electron chi connectivity index (χ3n) is 6.55. The standard InChI is InChI=1S/C29H30ClN7O2/c1-29(2,3)37-27(33-34-35-37)26(23-15-21-14-22(39-4)11-12-25(21)32-28(23)38)36(17-19-8-7-13-31-16-19)18-20-9-5-6-10-24(20)30/h5-16,26H,17-18H2,1-4H3,(H,32,38)/t26-/m1/s1. The number of benzene rings is 2. The molecule has 3 heterocycles. The Morgan fingerprint density at radius 2 is 1.90 bits per heavy atom. The highest BCUT2D eigenvalue weighted by Gasteiger charge is 2.34. The zero-order chi connectivity index (χ0) is 27.6. The highest BCUT2D eigenvalue weighted by atomic mass is 35.5. The lowest BCUT2D eigenvalue weighted by molar-refractivity contribution is 0.184. The molecule has 0 radical (unpaired) electrons. The van der Waals surface area contributed by atoms with Crippen molar-refractivity contribution in [2.45, 2.75) is 45.4 Å². The van der Waals surface area contributed by atoms with Gasteiger partial charge in [0.15, 0.2) is 5.82 Å². The fourth-order valence-corrected chi connectivity index (χ4v) is 4.88. The van der Waals surface area contributed by atoms with E-state index in [9.17, 15) is 4.79 Å². The van der Waals surface area contributed by atoms with Crippen molar-refractivity contribution in [1.29, 1.82) is 0 Å². The van der Waals surface area contributed by atoms with Crippen molar-refractivity contribution in [2.24, 2.45) is 0 Å². The van der Waals surface area contributed by atoms with Gasteiger partial charge in [0.25, 0.3) is 5.56 Å². The molecule has 0 aliphatic rings. The van der Waals surface area contributed by atoms with Crippen LogP contribution < -0.4 is 10.3 Å². The molecule has 1 N–H and O–H groups in total. The highest BCUT2D eigenvalue weighted by molar-refractivity contribution is 6.31. The maximum absolute atomic E-state index is 13.7. The van der Waals surface area contributed by atoms with Crippen molar-refractivity contribution in [1.82, 2.24) is 35.1 Å². The summed E-state index contributed by atoms with van der Waals surface area (Å²) < 4.78 is 7.22. The van der Waals surface area contributed by atoms with Crippen LogP contribution in [0.25, 0.3) is 10.9 Å². The lowest BCUT2D eigenvalue weighted by Gasteiger charge is -2.33. The Morgan fingerprint density at radius 3 is 2.62 bits per heavy atom. The molecule has 0 bridgehead atoms. The minimum atomic E-state index is -0.616. The lowest BCUT2D eigenvalue weighted by atomic mass is 10.00. The number of aromatic nitrogens is 6. The van der Waals surface area contributed by atoms with Crippen LogP contribution in [0.3, 0.4) is 0 Å². The minimum absolute atomic E-state index is 0.225. The van der Waals surface area contributed by atoms with Gasteiger partial charge in [0, 0.05) is 47.0 Å². The normalized spacial score (nSPS) is 12.7. The maximum Gasteiger partial charge on any atom is 0.253 e. The number of fused-ring (bicyclic) bond motifs is 1. The monoisotopic (exact) mass is 543 g/mol. The first-order valence-electron chi connectivity index (χ1n) is 12.6. The van der Waals surface area contributed by atoms with E-state index in [0.717, 1.165) is 16.5 Å². The van der Waals surface area contributed by atoms with Gasteiger partial charge >= 0.3 is 0 Å². The Morgan fingerprint density at radius 1 is 1.08 bits per heavy atom. The number of hydrogen-bond acceptors (Lipinski definition) is 7. The van der Waals surface area contributed by atoms with Crippen LogP contribution >= 0.6 is 11.6 Å². The molecule has 5 rings (SSSR count). The Hall–Kier alpha value is -4.08. The van der Waals surface area contributed by atoms with Gasteiger partial charge in [0.05, 0.1) is 12.6 Å². The molecule has 0 fully saturated rings. The van der Waals surface area contributed by atoms with E-state index in [2.05, 4.69) is 30.4 Å². The van der Waals surface area contributed by atoms with Crippen LogP contribution in [0.15, 0.2) is 77.9 Å². The number of nitrogens with zero attached hydrogens (tertiary/aromatic N) is 6. The van der Waals surface area contributed by atoms with Crippen LogP contribution in [0, 0.1) is 0 Å². The van der Waals surface area contributed by atoms with E-state index in [1.165, 1.54) is 0 Å². The second kappa shape index (κ2) is 11.0. The largest absolute Gasteiger partial charge is 0.497 e.